The molecule has 4 rings (SSSR count). The summed E-state index contributed by atoms with van der Waals surface area (Å²) in [5, 5.41) is 34.4. The Morgan fingerprint density at radius 1 is 1.29 bits per heavy atom. The van der Waals surface area contributed by atoms with Gasteiger partial charge < -0.3 is 15.2 Å². The number of nitrogens with one attached hydrogen (secondary N) is 2. The Hall–Kier alpha value is -4.28. The Bertz CT molecular complexity index is 1340. The number of hydrogen-bond acceptors (Lipinski definition) is 7. The molecule has 11 heteroatoms. The second-order valence-electron chi connectivity index (χ2n) is 9.48. The van der Waals surface area contributed by atoms with Gasteiger partial charge in [-0.05, 0) is 30.4 Å². The Labute approximate surface area is 200 Å². The van der Waals surface area contributed by atoms with Crippen LogP contribution in [0.3, 0.4) is 0 Å². The van der Waals surface area contributed by atoms with Crippen LogP contribution in [0.25, 0.3) is 11.0 Å². The number of hydrazone groups is 1. The molecule has 1 fully saturated rings. The predicted molar refractivity (Wildman–Crippen MR) is 127 cm³/mol. The van der Waals surface area contributed by atoms with Crippen molar-refractivity contribution in [1.82, 2.24) is 15.4 Å². The van der Waals surface area contributed by atoms with Crippen molar-refractivity contribution in [3.8, 4) is 5.75 Å². The van der Waals surface area contributed by atoms with Crippen LogP contribution >= 0.6 is 0 Å². The van der Waals surface area contributed by atoms with Gasteiger partial charge in [-0.15, -0.1) is 0 Å². The number of carboxylic acid groups (broad SMARTS) is 1. The van der Waals surface area contributed by atoms with Crippen LogP contribution in [0.15, 0.2) is 41.5 Å². The SMILES string of the molecule is CC1(C)[C@H](c2nc3ccccc3[nH]2)CC[C@]1(C)C(=O)NN=Cc1cc([N+](=O)[O-])cc(C(=O)O)c1O. The van der Waals surface area contributed by atoms with E-state index >= 15 is 0 Å². The first kappa shape index (κ1) is 23.9. The zero-order valence-electron chi connectivity index (χ0n) is 19.4. The van der Waals surface area contributed by atoms with Crippen molar-refractivity contribution >= 4 is 34.8 Å². The first-order chi connectivity index (χ1) is 16.5. The van der Waals surface area contributed by atoms with Gasteiger partial charge in [0.05, 0.1) is 27.6 Å². The van der Waals surface area contributed by atoms with Crippen LogP contribution in [0, 0.1) is 20.9 Å². The fourth-order valence-corrected chi connectivity index (χ4v) is 4.81. The number of carboxylic acids is 1. The van der Waals surface area contributed by atoms with E-state index in [4.69, 9.17) is 4.98 Å². The second-order valence-corrected chi connectivity index (χ2v) is 9.48. The number of para-hydroxylation sites is 2. The second kappa shape index (κ2) is 8.49. The summed E-state index contributed by atoms with van der Waals surface area (Å²) >= 11 is 0. The van der Waals surface area contributed by atoms with Gasteiger partial charge in [-0.2, -0.15) is 5.10 Å². The van der Waals surface area contributed by atoms with E-state index < -0.39 is 38.7 Å². The van der Waals surface area contributed by atoms with Crippen molar-refractivity contribution < 1.29 is 24.7 Å². The Kier molecular flexibility index (Phi) is 5.79. The van der Waals surface area contributed by atoms with Crippen LogP contribution < -0.4 is 5.43 Å². The number of carbonyl (C=O) groups excluding carboxylic acids is 1. The van der Waals surface area contributed by atoms with E-state index in [1.165, 1.54) is 0 Å². The Morgan fingerprint density at radius 2 is 2.00 bits per heavy atom. The lowest BCUT2D eigenvalue weighted by atomic mass is 9.65. The highest BCUT2D eigenvalue weighted by atomic mass is 16.6. The zero-order valence-corrected chi connectivity index (χ0v) is 19.4. The van der Waals surface area contributed by atoms with Crippen LogP contribution in [-0.2, 0) is 4.79 Å². The molecule has 1 aliphatic carbocycles. The zero-order chi connectivity index (χ0) is 25.5. The molecule has 2 atom stereocenters. The molecule has 1 aromatic heterocycles. The summed E-state index contributed by atoms with van der Waals surface area (Å²) < 4.78 is 0. The molecular weight excluding hydrogens is 454 g/mol. The molecule has 2 aromatic carbocycles. The molecular formula is C24H25N5O6. The van der Waals surface area contributed by atoms with Crippen LogP contribution in [-0.4, -0.2) is 43.2 Å². The van der Waals surface area contributed by atoms with E-state index in [0.717, 1.165) is 41.6 Å². The minimum absolute atomic E-state index is 0.00595. The number of aromatic carboxylic acids is 1. The topological polar surface area (TPSA) is 171 Å². The monoisotopic (exact) mass is 479 g/mol. The fraction of sp³-hybridized carbons (Fsp3) is 0.333. The summed E-state index contributed by atoms with van der Waals surface area (Å²) in [4.78, 5) is 43.0. The standard InChI is InChI=1S/C24H25N5O6/c1-23(2)16(20-26-17-6-4-5-7-18(17)27-20)8-9-24(23,3)22(33)28-25-12-13-10-14(29(34)35)11-15(19(13)30)21(31)32/h4-7,10-12,16,30H,8-9H2,1-3H3,(H,26,27)(H,28,33)(H,31,32)/t16-,24+/m0/s1. The Balaban J connectivity index is 1.56. The van der Waals surface area contributed by atoms with Crippen molar-refractivity contribution in [1.29, 1.82) is 0 Å². The molecule has 0 saturated heterocycles. The number of hydrogen-bond donors (Lipinski definition) is 4. The number of imidazole rings is 1. The summed E-state index contributed by atoms with van der Waals surface area (Å²) in [5.74, 6) is -1.76. The predicted octanol–water partition coefficient (Wildman–Crippen LogP) is 3.94. The van der Waals surface area contributed by atoms with Gasteiger partial charge in [-0.3, -0.25) is 14.9 Å². The number of aromatic amines is 1. The maximum Gasteiger partial charge on any atom is 0.339 e. The highest BCUT2D eigenvalue weighted by molar-refractivity contribution is 5.97. The number of nitro benzene ring substituents is 1. The summed E-state index contributed by atoms with van der Waals surface area (Å²) in [6.45, 7) is 5.87. The number of nitrogens with zero attached hydrogens (tertiary/aromatic N) is 3. The van der Waals surface area contributed by atoms with Crippen molar-refractivity contribution in [2.24, 2.45) is 15.9 Å². The van der Waals surface area contributed by atoms with Crippen molar-refractivity contribution in [2.75, 3.05) is 0 Å². The van der Waals surface area contributed by atoms with Crippen LogP contribution in [0.2, 0.25) is 0 Å². The lowest BCUT2D eigenvalue weighted by molar-refractivity contribution is -0.384. The fourth-order valence-electron chi connectivity index (χ4n) is 4.81. The van der Waals surface area contributed by atoms with Crippen LogP contribution in [0.4, 0.5) is 5.69 Å². The average molecular weight is 479 g/mol. The lowest BCUT2D eigenvalue weighted by Crippen LogP contribution is -2.45. The summed E-state index contributed by atoms with van der Waals surface area (Å²) in [5.41, 5.74) is 1.58. The molecule has 0 unspecified atom stereocenters. The lowest BCUT2D eigenvalue weighted by Gasteiger charge is -2.39. The van der Waals surface area contributed by atoms with E-state index in [-0.39, 0.29) is 17.4 Å². The number of H-pyrrole nitrogens is 1. The number of aromatic hydroxyl groups is 1. The van der Waals surface area contributed by atoms with Gasteiger partial charge in [0.15, 0.2) is 0 Å². The first-order valence-electron chi connectivity index (χ1n) is 11.0. The van der Waals surface area contributed by atoms with E-state index in [0.29, 0.717) is 6.42 Å². The molecule has 1 aliphatic rings. The van der Waals surface area contributed by atoms with E-state index in [1.807, 2.05) is 45.0 Å². The molecule has 4 N–H and O–H groups in total. The number of nitro groups is 1. The average Bonchev–Trinajstić information content (AvgIpc) is 3.32. The molecule has 0 spiro atoms. The quantitative estimate of drug-likeness (QED) is 0.236. The van der Waals surface area contributed by atoms with E-state index in [9.17, 15) is 29.9 Å². The normalized spacial score (nSPS) is 21.4. The first-order valence-corrected chi connectivity index (χ1v) is 11.0. The van der Waals surface area contributed by atoms with Gasteiger partial charge in [0.25, 0.3) is 5.69 Å². The molecule has 0 aliphatic heterocycles. The number of fused-ring (bicyclic) bond motifs is 1. The maximum absolute atomic E-state index is 13.2. The number of non-ortho nitro benzene ring substituents is 1. The van der Waals surface area contributed by atoms with Gasteiger partial charge in [-0.25, -0.2) is 15.2 Å². The number of amides is 1. The molecule has 182 valence electrons. The van der Waals surface area contributed by atoms with Crippen molar-refractivity contribution in [3.05, 3.63) is 63.5 Å². The molecule has 3 aromatic rings. The van der Waals surface area contributed by atoms with Gasteiger partial charge in [0, 0.05) is 23.6 Å². The minimum atomic E-state index is -1.53. The van der Waals surface area contributed by atoms with Crippen molar-refractivity contribution in [2.45, 2.75) is 39.5 Å². The summed E-state index contributed by atoms with van der Waals surface area (Å²) in [6, 6.07) is 9.47. The molecule has 1 heterocycles. The third-order valence-electron chi connectivity index (χ3n) is 7.40. The maximum atomic E-state index is 13.2. The smallest absolute Gasteiger partial charge is 0.339 e. The van der Waals surface area contributed by atoms with Crippen LogP contribution in [0.5, 0.6) is 5.75 Å². The number of carbonyl (C=O) groups is 2. The van der Waals surface area contributed by atoms with E-state index in [1.54, 1.807) is 0 Å². The van der Waals surface area contributed by atoms with Crippen molar-refractivity contribution in [3.63, 3.8) is 0 Å². The van der Waals surface area contributed by atoms with Gasteiger partial charge in [0.1, 0.15) is 17.1 Å². The number of benzene rings is 2. The van der Waals surface area contributed by atoms with Crippen LogP contribution in [0.1, 0.15) is 61.3 Å². The molecule has 11 nitrogen and oxygen atoms in total. The molecule has 35 heavy (non-hydrogen) atoms. The van der Waals surface area contributed by atoms with E-state index in [2.05, 4.69) is 15.5 Å². The largest absolute Gasteiger partial charge is 0.506 e. The summed E-state index contributed by atoms with van der Waals surface area (Å²) in [7, 11) is 0. The van der Waals surface area contributed by atoms with Gasteiger partial charge in [-0.1, -0.05) is 32.9 Å². The molecule has 0 bridgehead atoms. The van der Waals surface area contributed by atoms with Gasteiger partial charge >= 0.3 is 5.97 Å². The van der Waals surface area contributed by atoms with Gasteiger partial charge in [0.2, 0.25) is 5.91 Å². The highest BCUT2D eigenvalue weighted by Gasteiger charge is 2.57. The minimum Gasteiger partial charge on any atom is -0.506 e. The molecule has 0 radical (unpaired) electrons. The summed E-state index contributed by atoms with van der Waals surface area (Å²) in [6.07, 6.45) is 2.30. The number of aromatic nitrogens is 2. The third kappa shape index (κ3) is 3.98. The molecule has 1 saturated carbocycles. The number of phenols is 1. The Morgan fingerprint density at radius 3 is 2.66 bits per heavy atom. The number of rotatable bonds is 6. The molecule has 1 amide bonds. The highest BCUT2D eigenvalue weighted by Crippen LogP contribution is 2.59. The third-order valence-corrected chi connectivity index (χ3v) is 7.40.